The molecule has 0 aliphatic heterocycles. The van der Waals surface area contributed by atoms with Crippen LogP contribution in [-0.4, -0.2) is 16.9 Å². The lowest BCUT2D eigenvalue weighted by Crippen LogP contribution is -2.39. The normalized spacial score (nSPS) is 11.8. The van der Waals surface area contributed by atoms with Crippen molar-refractivity contribution in [2.45, 2.75) is 6.04 Å². The monoisotopic (exact) mass is 338 g/mol. The number of hydrogen-bond donors (Lipinski definition) is 3. The number of carbonyl (C=O) groups is 2. The highest BCUT2D eigenvalue weighted by Gasteiger charge is 2.23. The van der Waals surface area contributed by atoms with Crippen LogP contribution in [0.2, 0.25) is 0 Å². The maximum Gasteiger partial charge on any atom is 0.259 e. The van der Waals surface area contributed by atoms with E-state index in [9.17, 15) is 19.5 Å². The van der Waals surface area contributed by atoms with E-state index in [2.05, 4.69) is 5.32 Å². The summed E-state index contributed by atoms with van der Waals surface area (Å²) in [6.07, 6.45) is 1.05. The minimum absolute atomic E-state index is 0.00784. The number of nitrogens with one attached hydrogen (secondary N) is 1. The van der Waals surface area contributed by atoms with Gasteiger partial charge in [-0.05, 0) is 29.8 Å². The number of hydrogen-bond acceptors (Lipinski definition) is 5. The van der Waals surface area contributed by atoms with Crippen molar-refractivity contribution < 1.29 is 19.1 Å². The van der Waals surface area contributed by atoms with Gasteiger partial charge in [0.1, 0.15) is 29.2 Å². The van der Waals surface area contributed by atoms with Crippen LogP contribution in [0.4, 0.5) is 0 Å². The third-order valence-electron chi connectivity index (χ3n) is 3.71. The number of nitrogens with two attached hydrogens (primary N) is 1. The molecule has 0 radical (unpaired) electrons. The largest absolute Gasteiger partial charge is 0.508 e. The summed E-state index contributed by atoms with van der Waals surface area (Å²) < 4.78 is 5.30. The van der Waals surface area contributed by atoms with Gasteiger partial charge in [-0.25, -0.2) is 0 Å². The number of aromatic hydroxyl groups is 1. The standard InChI is InChI=1S/C18H14N2O5/c19-17(23)15(10-5-7-11(21)8-6-10)20-18(24)13-9-25-14-4-2-1-3-12(14)16(13)22/h1-9,15,21H,(H2,19,23)(H,20,24). The zero-order valence-corrected chi connectivity index (χ0v) is 12.9. The Morgan fingerprint density at radius 1 is 1.08 bits per heavy atom. The molecule has 4 N–H and O–H groups in total. The van der Waals surface area contributed by atoms with Crippen LogP contribution in [0, 0.1) is 0 Å². The van der Waals surface area contributed by atoms with E-state index in [-0.39, 0.29) is 16.7 Å². The summed E-state index contributed by atoms with van der Waals surface area (Å²) in [7, 11) is 0. The van der Waals surface area contributed by atoms with E-state index in [0.29, 0.717) is 11.1 Å². The molecule has 3 aromatic rings. The third-order valence-corrected chi connectivity index (χ3v) is 3.71. The highest BCUT2D eigenvalue weighted by Crippen LogP contribution is 2.17. The van der Waals surface area contributed by atoms with E-state index in [4.69, 9.17) is 10.2 Å². The molecule has 0 saturated carbocycles. The molecule has 0 saturated heterocycles. The van der Waals surface area contributed by atoms with Crippen molar-refractivity contribution >= 4 is 22.8 Å². The first-order chi connectivity index (χ1) is 12.0. The molecule has 7 nitrogen and oxygen atoms in total. The molecule has 0 spiro atoms. The Balaban J connectivity index is 1.94. The average molecular weight is 338 g/mol. The van der Waals surface area contributed by atoms with Crippen LogP contribution in [0.3, 0.4) is 0 Å². The van der Waals surface area contributed by atoms with Crippen LogP contribution < -0.4 is 16.5 Å². The Hall–Kier alpha value is -3.61. The first-order valence-corrected chi connectivity index (χ1v) is 7.37. The Kier molecular flexibility index (Phi) is 4.21. The van der Waals surface area contributed by atoms with Crippen molar-refractivity contribution in [2.24, 2.45) is 5.73 Å². The molecule has 0 aliphatic rings. The number of phenols is 1. The molecule has 2 aromatic carbocycles. The zero-order chi connectivity index (χ0) is 18.0. The molecule has 3 rings (SSSR count). The van der Waals surface area contributed by atoms with E-state index in [1.54, 1.807) is 24.3 Å². The summed E-state index contributed by atoms with van der Waals surface area (Å²) in [5.74, 6) is -1.57. The fourth-order valence-electron chi connectivity index (χ4n) is 2.43. The van der Waals surface area contributed by atoms with E-state index in [1.165, 1.54) is 24.3 Å². The fraction of sp³-hybridized carbons (Fsp3) is 0.0556. The van der Waals surface area contributed by atoms with Gasteiger partial charge in [-0.15, -0.1) is 0 Å². The van der Waals surface area contributed by atoms with Gasteiger partial charge < -0.3 is 20.6 Å². The Morgan fingerprint density at radius 3 is 2.44 bits per heavy atom. The Labute approximate surface area is 141 Å². The molecule has 0 bridgehead atoms. The van der Waals surface area contributed by atoms with E-state index in [0.717, 1.165) is 6.26 Å². The van der Waals surface area contributed by atoms with Crippen molar-refractivity contribution in [1.82, 2.24) is 5.32 Å². The topological polar surface area (TPSA) is 123 Å². The second-order valence-corrected chi connectivity index (χ2v) is 5.38. The maximum absolute atomic E-state index is 12.4. The lowest BCUT2D eigenvalue weighted by atomic mass is 10.1. The molecule has 1 atom stereocenters. The highest BCUT2D eigenvalue weighted by atomic mass is 16.3. The summed E-state index contributed by atoms with van der Waals surface area (Å²) >= 11 is 0. The fourth-order valence-corrected chi connectivity index (χ4v) is 2.43. The highest BCUT2D eigenvalue weighted by molar-refractivity contribution is 5.99. The maximum atomic E-state index is 12.4. The van der Waals surface area contributed by atoms with Crippen LogP contribution >= 0.6 is 0 Å². The third kappa shape index (κ3) is 3.20. The molecular formula is C18H14N2O5. The number of carbonyl (C=O) groups excluding carboxylic acids is 2. The Bertz CT molecular complexity index is 1010. The minimum Gasteiger partial charge on any atom is -0.508 e. The number of phenolic OH excluding ortho intramolecular Hbond substituents is 1. The summed E-state index contributed by atoms with van der Waals surface area (Å²) in [4.78, 5) is 36.6. The smallest absolute Gasteiger partial charge is 0.259 e. The summed E-state index contributed by atoms with van der Waals surface area (Å²) in [5, 5.41) is 12.0. The SMILES string of the molecule is NC(=O)C(NC(=O)c1coc2ccccc2c1=O)c1ccc(O)cc1. The van der Waals surface area contributed by atoms with Gasteiger partial charge in [0.05, 0.1) is 5.39 Å². The number of para-hydroxylation sites is 1. The summed E-state index contributed by atoms with van der Waals surface area (Å²) in [6, 6.07) is 11.0. The van der Waals surface area contributed by atoms with Gasteiger partial charge in [-0.2, -0.15) is 0 Å². The number of amides is 2. The number of primary amides is 1. The van der Waals surface area contributed by atoms with Crippen molar-refractivity contribution in [2.75, 3.05) is 0 Å². The molecule has 2 amide bonds. The van der Waals surface area contributed by atoms with E-state index >= 15 is 0 Å². The van der Waals surface area contributed by atoms with Crippen molar-refractivity contribution in [3.63, 3.8) is 0 Å². The first kappa shape index (κ1) is 16.3. The predicted molar refractivity (Wildman–Crippen MR) is 90.0 cm³/mol. The van der Waals surface area contributed by atoms with Crippen LogP contribution in [0.5, 0.6) is 5.75 Å². The van der Waals surface area contributed by atoms with Gasteiger partial charge in [-0.3, -0.25) is 14.4 Å². The number of benzene rings is 2. The van der Waals surface area contributed by atoms with E-state index < -0.39 is 23.3 Å². The van der Waals surface area contributed by atoms with E-state index in [1.807, 2.05) is 0 Å². The molecule has 0 fully saturated rings. The summed E-state index contributed by atoms with van der Waals surface area (Å²) in [5.41, 5.74) is 5.34. The van der Waals surface area contributed by atoms with Crippen molar-refractivity contribution in [3.8, 4) is 5.75 Å². The zero-order valence-electron chi connectivity index (χ0n) is 12.9. The van der Waals surface area contributed by atoms with Crippen LogP contribution in [0.1, 0.15) is 22.0 Å². The van der Waals surface area contributed by atoms with Gasteiger partial charge in [-0.1, -0.05) is 24.3 Å². The second-order valence-electron chi connectivity index (χ2n) is 5.38. The predicted octanol–water partition coefficient (Wildman–Crippen LogP) is 1.45. The molecule has 1 aromatic heterocycles. The molecule has 1 unspecified atom stereocenters. The van der Waals surface area contributed by atoms with Gasteiger partial charge in [0.15, 0.2) is 0 Å². The first-order valence-electron chi connectivity index (χ1n) is 7.37. The number of rotatable bonds is 4. The van der Waals surface area contributed by atoms with Crippen molar-refractivity contribution in [1.29, 1.82) is 0 Å². The number of fused-ring (bicyclic) bond motifs is 1. The molecule has 25 heavy (non-hydrogen) atoms. The van der Waals surface area contributed by atoms with Gasteiger partial charge in [0, 0.05) is 0 Å². The lowest BCUT2D eigenvalue weighted by molar-refractivity contribution is -0.120. The average Bonchev–Trinajstić information content (AvgIpc) is 2.61. The lowest BCUT2D eigenvalue weighted by Gasteiger charge is -2.15. The van der Waals surface area contributed by atoms with Gasteiger partial charge in [0.2, 0.25) is 11.3 Å². The van der Waals surface area contributed by atoms with Crippen molar-refractivity contribution in [3.05, 3.63) is 76.1 Å². The summed E-state index contributed by atoms with van der Waals surface area (Å²) in [6.45, 7) is 0. The molecule has 1 heterocycles. The molecule has 0 aliphatic carbocycles. The van der Waals surface area contributed by atoms with Gasteiger partial charge >= 0.3 is 0 Å². The molecular weight excluding hydrogens is 324 g/mol. The second kappa shape index (κ2) is 6.48. The quantitative estimate of drug-likeness (QED) is 0.664. The minimum atomic E-state index is -1.15. The Morgan fingerprint density at radius 2 is 1.76 bits per heavy atom. The molecule has 126 valence electrons. The van der Waals surface area contributed by atoms with Crippen LogP contribution in [0.15, 0.2) is 64.0 Å². The van der Waals surface area contributed by atoms with Gasteiger partial charge in [0.25, 0.3) is 5.91 Å². The molecule has 7 heteroatoms. The van der Waals surface area contributed by atoms with Crippen LogP contribution in [0.25, 0.3) is 11.0 Å². The van der Waals surface area contributed by atoms with Crippen LogP contribution in [-0.2, 0) is 4.79 Å².